The highest BCUT2D eigenvalue weighted by Crippen LogP contribution is 2.17. The molecule has 2 aromatic carbocycles. The van der Waals surface area contributed by atoms with Gasteiger partial charge in [-0.2, -0.15) is 0 Å². The van der Waals surface area contributed by atoms with Crippen LogP contribution in [0.15, 0.2) is 54.6 Å². The van der Waals surface area contributed by atoms with Crippen LogP contribution in [0.25, 0.3) is 0 Å². The summed E-state index contributed by atoms with van der Waals surface area (Å²) >= 11 is 3.09. The summed E-state index contributed by atoms with van der Waals surface area (Å²) in [5.41, 5.74) is 1.94. The molecule has 0 unspecified atom stereocenters. The third-order valence-corrected chi connectivity index (χ3v) is 3.47. The number of benzene rings is 2. The van der Waals surface area contributed by atoms with Crippen LogP contribution in [0.5, 0.6) is 0 Å². The van der Waals surface area contributed by atoms with Gasteiger partial charge in [-0.05, 0) is 30.3 Å². The lowest BCUT2D eigenvalue weighted by molar-refractivity contribution is -0.113. The van der Waals surface area contributed by atoms with Crippen LogP contribution >= 0.6 is 15.9 Å². The molecule has 0 bridgehead atoms. The smallest absolute Gasteiger partial charge is 0.258 e. The number of para-hydroxylation sites is 1. The van der Waals surface area contributed by atoms with Crippen LogP contribution in [0.4, 0.5) is 11.4 Å². The molecule has 0 aliphatic carbocycles. The molecule has 2 aromatic rings. The number of carbonyl (C=O) groups excluding carboxylic acids is 2. The minimum absolute atomic E-state index is 0.129. The largest absolute Gasteiger partial charge is 0.325 e. The molecule has 108 valence electrons. The van der Waals surface area contributed by atoms with Gasteiger partial charge in [-0.25, -0.2) is 0 Å². The molecular weight excluding hydrogens is 332 g/mol. The molecule has 1 N–H and O–H groups in total. The Balaban J connectivity index is 2.19. The molecular formula is C16H15BrN2O2. The van der Waals surface area contributed by atoms with Gasteiger partial charge in [-0.3, -0.25) is 9.59 Å². The second-order valence-corrected chi connectivity index (χ2v) is 5.02. The number of carbonyl (C=O) groups is 2. The van der Waals surface area contributed by atoms with E-state index < -0.39 is 0 Å². The van der Waals surface area contributed by atoms with Gasteiger partial charge in [-0.1, -0.05) is 40.2 Å². The Hall–Kier alpha value is -2.14. The Kier molecular flexibility index (Phi) is 5.11. The topological polar surface area (TPSA) is 49.4 Å². The minimum Gasteiger partial charge on any atom is -0.325 e. The van der Waals surface area contributed by atoms with Crippen LogP contribution in [0.3, 0.4) is 0 Å². The molecule has 0 aromatic heterocycles. The summed E-state index contributed by atoms with van der Waals surface area (Å²) in [5.74, 6) is -0.285. The summed E-state index contributed by atoms with van der Waals surface area (Å²) in [6.45, 7) is 0. The number of hydrogen-bond donors (Lipinski definition) is 1. The second kappa shape index (κ2) is 7.04. The lowest BCUT2D eigenvalue weighted by Crippen LogP contribution is -2.26. The summed E-state index contributed by atoms with van der Waals surface area (Å²) in [4.78, 5) is 25.4. The van der Waals surface area contributed by atoms with Crippen LogP contribution < -0.4 is 10.2 Å². The van der Waals surface area contributed by atoms with Gasteiger partial charge < -0.3 is 10.2 Å². The second-order valence-electron chi connectivity index (χ2n) is 4.46. The van der Waals surface area contributed by atoms with Gasteiger partial charge in [0.15, 0.2) is 0 Å². The van der Waals surface area contributed by atoms with Gasteiger partial charge in [0.1, 0.15) is 0 Å². The minimum atomic E-state index is -0.156. The monoisotopic (exact) mass is 346 g/mol. The van der Waals surface area contributed by atoms with Gasteiger partial charge in [0.05, 0.1) is 5.33 Å². The fourth-order valence-electron chi connectivity index (χ4n) is 1.89. The molecule has 0 fully saturated rings. The maximum Gasteiger partial charge on any atom is 0.258 e. The summed E-state index contributed by atoms with van der Waals surface area (Å²) in [7, 11) is 1.72. The van der Waals surface area contributed by atoms with Crippen molar-refractivity contribution in [3.63, 3.8) is 0 Å². The molecule has 0 aliphatic rings. The molecule has 0 spiro atoms. The molecule has 0 radical (unpaired) electrons. The quantitative estimate of drug-likeness (QED) is 0.863. The molecule has 0 saturated carbocycles. The Morgan fingerprint density at radius 1 is 1.10 bits per heavy atom. The summed E-state index contributed by atoms with van der Waals surface area (Å²) in [5, 5.41) is 2.93. The van der Waals surface area contributed by atoms with Crippen molar-refractivity contribution < 1.29 is 9.59 Å². The van der Waals surface area contributed by atoms with Crippen molar-refractivity contribution >= 4 is 39.1 Å². The fourth-order valence-corrected chi connectivity index (χ4v) is 2.03. The number of halogens is 1. The first-order valence-electron chi connectivity index (χ1n) is 6.41. The number of alkyl halides is 1. The summed E-state index contributed by atoms with van der Waals surface area (Å²) < 4.78 is 0. The lowest BCUT2D eigenvalue weighted by Gasteiger charge is -2.17. The van der Waals surface area contributed by atoms with Crippen LogP contribution in [0, 0.1) is 0 Å². The van der Waals surface area contributed by atoms with E-state index in [4.69, 9.17) is 0 Å². The Morgan fingerprint density at radius 3 is 2.48 bits per heavy atom. The SMILES string of the molecule is CN(C(=O)c1cccc(NC(=O)CBr)c1)c1ccccc1. The van der Waals surface area contributed by atoms with Gasteiger partial charge in [0.2, 0.25) is 5.91 Å². The maximum atomic E-state index is 12.5. The first-order chi connectivity index (χ1) is 10.1. The average molecular weight is 347 g/mol. The number of nitrogens with zero attached hydrogens (tertiary/aromatic N) is 1. The van der Waals surface area contributed by atoms with Crippen LogP contribution in [-0.2, 0) is 4.79 Å². The standard InChI is InChI=1S/C16H15BrN2O2/c1-19(14-8-3-2-4-9-14)16(21)12-6-5-7-13(10-12)18-15(20)11-17/h2-10H,11H2,1H3,(H,18,20). The number of anilines is 2. The van der Waals surface area contributed by atoms with Crippen LogP contribution in [-0.4, -0.2) is 24.2 Å². The van der Waals surface area contributed by atoms with E-state index in [2.05, 4.69) is 21.2 Å². The van der Waals surface area contributed by atoms with E-state index in [-0.39, 0.29) is 17.1 Å². The highest BCUT2D eigenvalue weighted by Gasteiger charge is 2.13. The third-order valence-electron chi connectivity index (χ3n) is 2.96. The first kappa shape index (κ1) is 15.3. The zero-order chi connectivity index (χ0) is 15.2. The zero-order valence-corrected chi connectivity index (χ0v) is 13.1. The molecule has 0 aliphatic heterocycles. The molecule has 4 nitrogen and oxygen atoms in total. The predicted molar refractivity (Wildman–Crippen MR) is 88.0 cm³/mol. The number of hydrogen-bond acceptors (Lipinski definition) is 2. The molecule has 2 amide bonds. The van der Waals surface area contributed by atoms with Crippen LogP contribution in [0.2, 0.25) is 0 Å². The van der Waals surface area contributed by atoms with Crippen molar-refractivity contribution in [2.45, 2.75) is 0 Å². The lowest BCUT2D eigenvalue weighted by atomic mass is 10.1. The van der Waals surface area contributed by atoms with Crippen molar-refractivity contribution in [3.8, 4) is 0 Å². The number of nitrogens with one attached hydrogen (secondary N) is 1. The first-order valence-corrected chi connectivity index (χ1v) is 7.53. The van der Waals surface area contributed by atoms with Crippen LogP contribution in [0.1, 0.15) is 10.4 Å². The molecule has 0 atom stereocenters. The molecule has 0 saturated heterocycles. The van der Waals surface area contributed by atoms with E-state index >= 15 is 0 Å². The maximum absolute atomic E-state index is 12.5. The molecule has 21 heavy (non-hydrogen) atoms. The van der Waals surface area contributed by atoms with Gasteiger partial charge in [0.25, 0.3) is 5.91 Å². The van der Waals surface area contributed by atoms with E-state index in [1.807, 2.05) is 30.3 Å². The van der Waals surface area contributed by atoms with Gasteiger partial charge in [0, 0.05) is 24.0 Å². The predicted octanol–water partition coefficient (Wildman–Crippen LogP) is 3.30. The van der Waals surface area contributed by atoms with Gasteiger partial charge >= 0.3 is 0 Å². The zero-order valence-electron chi connectivity index (χ0n) is 11.5. The van der Waals surface area contributed by atoms with E-state index in [1.54, 1.807) is 36.2 Å². The fraction of sp³-hybridized carbons (Fsp3) is 0.125. The van der Waals surface area contributed by atoms with Crippen molar-refractivity contribution in [3.05, 3.63) is 60.2 Å². The summed E-state index contributed by atoms with van der Waals surface area (Å²) in [6, 6.07) is 16.3. The van der Waals surface area contributed by atoms with Crippen molar-refractivity contribution in [2.75, 3.05) is 22.6 Å². The molecule has 5 heteroatoms. The normalized spacial score (nSPS) is 10.0. The molecule has 0 heterocycles. The van der Waals surface area contributed by atoms with E-state index in [1.165, 1.54) is 0 Å². The third kappa shape index (κ3) is 3.92. The average Bonchev–Trinajstić information content (AvgIpc) is 2.54. The Labute approximate surface area is 131 Å². The highest BCUT2D eigenvalue weighted by atomic mass is 79.9. The Morgan fingerprint density at radius 2 is 1.81 bits per heavy atom. The Bertz CT molecular complexity index is 644. The van der Waals surface area contributed by atoms with E-state index in [9.17, 15) is 9.59 Å². The van der Waals surface area contributed by atoms with Crippen molar-refractivity contribution in [2.24, 2.45) is 0 Å². The molecule has 2 rings (SSSR count). The highest BCUT2D eigenvalue weighted by molar-refractivity contribution is 9.09. The van der Waals surface area contributed by atoms with E-state index in [0.717, 1.165) is 5.69 Å². The van der Waals surface area contributed by atoms with E-state index in [0.29, 0.717) is 11.3 Å². The number of rotatable bonds is 4. The van der Waals surface area contributed by atoms with Gasteiger partial charge in [-0.15, -0.1) is 0 Å². The van der Waals surface area contributed by atoms with Crippen molar-refractivity contribution in [1.82, 2.24) is 0 Å². The van der Waals surface area contributed by atoms with Crippen molar-refractivity contribution in [1.29, 1.82) is 0 Å². The summed E-state index contributed by atoms with van der Waals surface area (Å²) in [6.07, 6.45) is 0. The number of amides is 2.